The minimum absolute atomic E-state index is 0.194. The minimum atomic E-state index is -0.543. The fourth-order valence-corrected chi connectivity index (χ4v) is 3.66. The highest BCUT2D eigenvalue weighted by Gasteiger charge is 2.33. The van der Waals surface area contributed by atoms with Crippen LogP contribution in [0.15, 0.2) is 35.0 Å². The second-order valence-corrected chi connectivity index (χ2v) is 7.39. The molecule has 1 aromatic carbocycles. The Morgan fingerprint density at radius 2 is 2.10 bits per heavy atom. The summed E-state index contributed by atoms with van der Waals surface area (Å²) in [5.74, 6) is -0.573. The third-order valence-corrected chi connectivity index (χ3v) is 5.09. The van der Waals surface area contributed by atoms with Gasteiger partial charge in [0.1, 0.15) is 19.0 Å². The van der Waals surface area contributed by atoms with E-state index in [0.29, 0.717) is 24.5 Å². The van der Waals surface area contributed by atoms with E-state index in [9.17, 15) is 14.0 Å². The van der Waals surface area contributed by atoms with Crippen molar-refractivity contribution in [3.05, 3.63) is 35.7 Å². The zero-order valence-electron chi connectivity index (χ0n) is 17.5. The van der Waals surface area contributed by atoms with Gasteiger partial charge in [-0.2, -0.15) is 0 Å². The standard InChI is InChI=1S/C21H27FN4O4/c1-14(24-29-3)10-16-6-8-25(9-7-16)20-5-4-17(11-19(20)22)26-13-18(30-21(26)28)12-23-15(2)27/h4-5,10-11,18H,6-9,12-13H2,1-3H3,(H,23,27)/t18-/m0/s1. The third-order valence-electron chi connectivity index (χ3n) is 5.09. The van der Waals surface area contributed by atoms with Crippen LogP contribution in [-0.4, -0.2) is 57.1 Å². The molecule has 1 atom stereocenters. The topological polar surface area (TPSA) is 83.5 Å². The first kappa shape index (κ1) is 21.6. The monoisotopic (exact) mass is 418 g/mol. The van der Waals surface area contributed by atoms with Crippen LogP contribution in [0.1, 0.15) is 26.7 Å². The van der Waals surface area contributed by atoms with E-state index in [1.54, 1.807) is 12.1 Å². The number of carbonyl (C=O) groups is 2. The van der Waals surface area contributed by atoms with Crippen LogP contribution >= 0.6 is 0 Å². The molecule has 0 aliphatic carbocycles. The largest absolute Gasteiger partial charge is 0.442 e. The zero-order chi connectivity index (χ0) is 21.7. The van der Waals surface area contributed by atoms with E-state index in [4.69, 9.17) is 9.57 Å². The molecule has 0 saturated carbocycles. The fourth-order valence-electron chi connectivity index (χ4n) is 3.66. The predicted octanol–water partition coefficient (Wildman–Crippen LogP) is 2.84. The Morgan fingerprint density at radius 3 is 2.73 bits per heavy atom. The lowest BCUT2D eigenvalue weighted by Crippen LogP contribution is -2.33. The molecule has 2 aliphatic heterocycles. The fraction of sp³-hybridized carbons (Fsp3) is 0.476. The van der Waals surface area contributed by atoms with E-state index in [1.807, 2.05) is 17.9 Å². The van der Waals surface area contributed by atoms with Crippen molar-refractivity contribution in [3.63, 3.8) is 0 Å². The molecule has 9 heteroatoms. The summed E-state index contributed by atoms with van der Waals surface area (Å²) in [6, 6.07) is 4.78. The molecule has 162 valence electrons. The van der Waals surface area contributed by atoms with Crippen LogP contribution < -0.4 is 15.1 Å². The Hall–Kier alpha value is -3.10. The first-order valence-electron chi connectivity index (χ1n) is 9.91. The summed E-state index contributed by atoms with van der Waals surface area (Å²) >= 11 is 0. The first-order chi connectivity index (χ1) is 14.4. The number of nitrogens with one attached hydrogen (secondary N) is 1. The Bertz CT molecular complexity index is 861. The van der Waals surface area contributed by atoms with Crippen molar-refractivity contribution in [1.82, 2.24) is 5.32 Å². The lowest BCUT2D eigenvalue weighted by Gasteiger charge is -2.31. The van der Waals surface area contributed by atoms with Gasteiger partial charge < -0.3 is 19.8 Å². The van der Waals surface area contributed by atoms with E-state index >= 15 is 0 Å². The van der Waals surface area contributed by atoms with Gasteiger partial charge in [0, 0.05) is 20.0 Å². The molecule has 1 aromatic rings. The Morgan fingerprint density at radius 1 is 1.37 bits per heavy atom. The van der Waals surface area contributed by atoms with Crippen LogP contribution in [0.2, 0.25) is 0 Å². The molecule has 2 heterocycles. The normalized spacial score (nSPS) is 19.6. The SMILES string of the molecule is CON=C(C)C=C1CCN(c2ccc(N3C[C@H](CNC(C)=O)OC3=O)cc2F)CC1. The van der Waals surface area contributed by atoms with Gasteiger partial charge >= 0.3 is 6.09 Å². The number of allylic oxidation sites excluding steroid dienone is 1. The number of piperidine rings is 1. The maximum absolute atomic E-state index is 14.8. The Labute approximate surface area is 175 Å². The molecule has 30 heavy (non-hydrogen) atoms. The maximum Gasteiger partial charge on any atom is 0.414 e. The number of carbonyl (C=O) groups excluding carboxylic acids is 2. The maximum atomic E-state index is 14.8. The molecular formula is C21H27FN4O4. The summed E-state index contributed by atoms with van der Waals surface area (Å²) in [7, 11) is 1.52. The van der Waals surface area contributed by atoms with Crippen LogP contribution in [0, 0.1) is 5.82 Å². The van der Waals surface area contributed by atoms with Gasteiger partial charge in [-0.3, -0.25) is 9.69 Å². The van der Waals surface area contributed by atoms with Gasteiger partial charge in [0.05, 0.1) is 30.2 Å². The molecule has 8 nitrogen and oxygen atoms in total. The average molecular weight is 418 g/mol. The minimum Gasteiger partial charge on any atom is -0.442 e. The highest BCUT2D eigenvalue weighted by atomic mass is 19.1. The number of nitrogens with zero attached hydrogens (tertiary/aromatic N) is 3. The van der Waals surface area contributed by atoms with Crippen molar-refractivity contribution in [3.8, 4) is 0 Å². The Balaban J connectivity index is 1.63. The number of anilines is 2. The summed E-state index contributed by atoms with van der Waals surface area (Å²) in [6.45, 7) is 5.18. The van der Waals surface area contributed by atoms with Crippen LogP contribution in [0.4, 0.5) is 20.6 Å². The van der Waals surface area contributed by atoms with Crippen LogP contribution in [0.3, 0.4) is 0 Å². The van der Waals surface area contributed by atoms with Crippen molar-refractivity contribution in [2.24, 2.45) is 5.16 Å². The number of benzene rings is 1. The predicted molar refractivity (Wildman–Crippen MR) is 112 cm³/mol. The molecule has 0 bridgehead atoms. The van der Waals surface area contributed by atoms with Crippen molar-refractivity contribution in [1.29, 1.82) is 0 Å². The smallest absolute Gasteiger partial charge is 0.414 e. The second kappa shape index (κ2) is 9.60. The van der Waals surface area contributed by atoms with Crippen LogP contribution in [0.5, 0.6) is 0 Å². The van der Waals surface area contributed by atoms with E-state index in [2.05, 4.69) is 10.5 Å². The number of hydrogen-bond donors (Lipinski definition) is 1. The van der Waals surface area contributed by atoms with Gasteiger partial charge in [-0.05, 0) is 44.0 Å². The molecule has 0 unspecified atom stereocenters. The lowest BCUT2D eigenvalue weighted by molar-refractivity contribution is -0.119. The number of amides is 2. The molecule has 3 rings (SSSR count). The molecule has 0 radical (unpaired) electrons. The number of ether oxygens (including phenoxy) is 1. The van der Waals surface area contributed by atoms with E-state index in [-0.39, 0.29) is 24.8 Å². The summed E-state index contributed by atoms with van der Waals surface area (Å²) in [6.07, 6.45) is 2.65. The molecular weight excluding hydrogens is 391 g/mol. The van der Waals surface area contributed by atoms with Gasteiger partial charge in [-0.1, -0.05) is 10.7 Å². The van der Waals surface area contributed by atoms with Crippen molar-refractivity contribution in [2.75, 3.05) is 43.1 Å². The molecule has 2 fully saturated rings. The first-order valence-corrected chi connectivity index (χ1v) is 9.91. The number of oxime groups is 1. The van der Waals surface area contributed by atoms with E-state index in [0.717, 1.165) is 18.6 Å². The van der Waals surface area contributed by atoms with Gasteiger partial charge in [0.2, 0.25) is 5.91 Å². The van der Waals surface area contributed by atoms with Gasteiger partial charge in [0.25, 0.3) is 0 Å². The summed E-state index contributed by atoms with van der Waals surface area (Å²) < 4.78 is 20.1. The second-order valence-electron chi connectivity index (χ2n) is 7.39. The van der Waals surface area contributed by atoms with Gasteiger partial charge in [-0.15, -0.1) is 0 Å². The number of halogens is 1. The molecule has 0 spiro atoms. The number of rotatable bonds is 6. The lowest BCUT2D eigenvalue weighted by atomic mass is 10.0. The summed E-state index contributed by atoms with van der Waals surface area (Å²) in [5, 5.41) is 6.52. The van der Waals surface area contributed by atoms with E-state index in [1.165, 1.54) is 30.6 Å². The summed E-state index contributed by atoms with van der Waals surface area (Å²) in [5.41, 5.74) is 3.02. The van der Waals surface area contributed by atoms with Crippen LogP contribution in [-0.2, 0) is 14.4 Å². The zero-order valence-corrected chi connectivity index (χ0v) is 17.5. The van der Waals surface area contributed by atoms with Crippen molar-refractivity contribution >= 4 is 29.1 Å². The number of hydrogen-bond acceptors (Lipinski definition) is 6. The Kier molecular flexibility index (Phi) is 6.91. The molecule has 2 amide bonds. The van der Waals surface area contributed by atoms with Crippen LogP contribution in [0.25, 0.3) is 0 Å². The molecule has 2 saturated heterocycles. The van der Waals surface area contributed by atoms with Gasteiger partial charge in [0.15, 0.2) is 0 Å². The van der Waals surface area contributed by atoms with Crippen molar-refractivity contribution < 1.29 is 23.6 Å². The van der Waals surface area contributed by atoms with Gasteiger partial charge in [-0.25, -0.2) is 9.18 Å². The quantitative estimate of drug-likeness (QED) is 0.567. The third kappa shape index (κ3) is 5.28. The molecule has 2 aliphatic rings. The molecule has 1 N–H and O–H groups in total. The molecule has 0 aromatic heterocycles. The summed E-state index contributed by atoms with van der Waals surface area (Å²) in [4.78, 5) is 31.3. The van der Waals surface area contributed by atoms with Crippen molar-refractivity contribution in [2.45, 2.75) is 32.8 Å². The highest BCUT2D eigenvalue weighted by Crippen LogP contribution is 2.30. The van der Waals surface area contributed by atoms with E-state index < -0.39 is 12.2 Å². The average Bonchev–Trinajstić information content (AvgIpc) is 3.08. The highest BCUT2D eigenvalue weighted by molar-refractivity contribution is 5.93. The number of cyclic esters (lactones) is 1.